The highest BCUT2D eigenvalue weighted by molar-refractivity contribution is 5.79. The lowest BCUT2D eigenvalue weighted by atomic mass is 10.0. The third-order valence-electron chi connectivity index (χ3n) is 2.50. The summed E-state index contributed by atoms with van der Waals surface area (Å²) in [6, 6.07) is 15.6. The molecule has 0 aromatic heterocycles. The summed E-state index contributed by atoms with van der Waals surface area (Å²) in [6.45, 7) is 3.71. The van der Waals surface area contributed by atoms with Gasteiger partial charge in [-0.15, -0.1) is 0 Å². The van der Waals surface area contributed by atoms with Gasteiger partial charge in [0.05, 0.1) is 0 Å². The van der Waals surface area contributed by atoms with Gasteiger partial charge >= 0.3 is 0 Å². The summed E-state index contributed by atoms with van der Waals surface area (Å²) in [5.41, 5.74) is 3.95. The molecule has 2 aromatic carbocycles. The van der Waals surface area contributed by atoms with E-state index in [4.69, 9.17) is 0 Å². The molecule has 16 heavy (non-hydrogen) atoms. The Morgan fingerprint density at radius 3 is 2.25 bits per heavy atom. The molecule has 2 aromatic rings. The Morgan fingerprint density at radius 2 is 1.62 bits per heavy atom. The summed E-state index contributed by atoms with van der Waals surface area (Å²) in [4.78, 5) is 10.7. The monoisotopic (exact) mass is 208 g/mol. The van der Waals surface area contributed by atoms with Crippen molar-refractivity contribution in [2.45, 2.75) is 0 Å². The Balaban J connectivity index is 2.41. The second kappa shape index (κ2) is 4.58. The highest BCUT2D eigenvalue weighted by Gasteiger charge is 1.98. The van der Waals surface area contributed by atoms with Crippen molar-refractivity contribution in [1.29, 1.82) is 0 Å². The maximum atomic E-state index is 10.7. The first-order valence-electron chi connectivity index (χ1n) is 5.11. The molecular weight excluding hydrogens is 196 g/mol. The van der Waals surface area contributed by atoms with Crippen molar-refractivity contribution in [3.63, 3.8) is 0 Å². The van der Waals surface area contributed by atoms with E-state index in [9.17, 15) is 4.79 Å². The van der Waals surface area contributed by atoms with Crippen LogP contribution in [0.25, 0.3) is 17.2 Å². The van der Waals surface area contributed by atoms with Crippen LogP contribution >= 0.6 is 0 Å². The first kappa shape index (κ1) is 10.4. The molecule has 1 heteroatoms. The summed E-state index contributed by atoms with van der Waals surface area (Å²) in [6.07, 6.45) is 2.67. The number of rotatable bonds is 3. The van der Waals surface area contributed by atoms with Crippen LogP contribution < -0.4 is 0 Å². The van der Waals surface area contributed by atoms with Gasteiger partial charge in [-0.3, -0.25) is 4.79 Å². The molecule has 0 aliphatic rings. The molecule has 0 atom stereocenters. The van der Waals surface area contributed by atoms with E-state index in [-0.39, 0.29) is 0 Å². The Morgan fingerprint density at radius 1 is 0.875 bits per heavy atom. The van der Waals surface area contributed by atoms with Crippen LogP contribution in [0, 0.1) is 0 Å². The van der Waals surface area contributed by atoms with Crippen molar-refractivity contribution in [3.8, 4) is 11.1 Å². The smallest absolute Gasteiger partial charge is 0.150 e. The first-order valence-corrected chi connectivity index (χ1v) is 5.11. The molecule has 0 amide bonds. The van der Waals surface area contributed by atoms with E-state index in [2.05, 4.69) is 6.58 Å². The van der Waals surface area contributed by atoms with Gasteiger partial charge in [0.2, 0.25) is 0 Å². The van der Waals surface area contributed by atoms with Gasteiger partial charge in [0.1, 0.15) is 6.29 Å². The van der Waals surface area contributed by atoms with E-state index in [0.29, 0.717) is 5.56 Å². The molecule has 0 aliphatic heterocycles. The van der Waals surface area contributed by atoms with Crippen LogP contribution in [0.1, 0.15) is 15.9 Å². The molecule has 0 N–H and O–H groups in total. The largest absolute Gasteiger partial charge is 0.298 e. The Hall–Kier alpha value is -2.15. The molecule has 0 fully saturated rings. The SMILES string of the molecule is C=Cc1ccc(-c2cccc(C=O)c2)cc1. The molecule has 2 rings (SSSR count). The summed E-state index contributed by atoms with van der Waals surface area (Å²) in [5, 5.41) is 0. The fraction of sp³-hybridized carbons (Fsp3) is 0. The van der Waals surface area contributed by atoms with Crippen LogP contribution in [-0.4, -0.2) is 6.29 Å². The fourth-order valence-corrected chi connectivity index (χ4v) is 1.60. The van der Waals surface area contributed by atoms with Gasteiger partial charge in [-0.05, 0) is 22.8 Å². The first-order chi connectivity index (χ1) is 7.83. The van der Waals surface area contributed by atoms with Crippen LogP contribution in [-0.2, 0) is 0 Å². The van der Waals surface area contributed by atoms with Crippen LogP contribution in [0.3, 0.4) is 0 Å². The van der Waals surface area contributed by atoms with Gasteiger partial charge in [-0.25, -0.2) is 0 Å². The zero-order chi connectivity index (χ0) is 11.4. The van der Waals surface area contributed by atoms with Gasteiger partial charge in [-0.1, -0.05) is 55.1 Å². The molecule has 0 saturated carbocycles. The van der Waals surface area contributed by atoms with Gasteiger partial charge in [0.15, 0.2) is 0 Å². The minimum absolute atomic E-state index is 0.699. The molecule has 1 nitrogen and oxygen atoms in total. The van der Waals surface area contributed by atoms with Crippen LogP contribution in [0.5, 0.6) is 0 Å². The highest BCUT2D eigenvalue weighted by Crippen LogP contribution is 2.20. The lowest BCUT2D eigenvalue weighted by Gasteiger charge is -2.02. The van der Waals surface area contributed by atoms with Crippen LogP contribution in [0.4, 0.5) is 0 Å². The van der Waals surface area contributed by atoms with Gasteiger partial charge in [0, 0.05) is 5.56 Å². The molecule has 0 aliphatic carbocycles. The summed E-state index contributed by atoms with van der Waals surface area (Å²) < 4.78 is 0. The molecule has 78 valence electrons. The molecule has 0 spiro atoms. The Kier molecular flexibility index (Phi) is 2.97. The quantitative estimate of drug-likeness (QED) is 0.701. The summed E-state index contributed by atoms with van der Waals surface area (Å²) >= 11 is 0. The molecule has 0 saturated heterocycles. The van der Waals surface area contributed by atoms with E-state index in [1.165, 1.54) is 0 Å². The predicted octanol–water partition coefficient (Wildman–Crippen LogP) is 3.81. The topological polar surface area (TPSA) is 17.1 Å². The number of hydrogen-bond acceptors (Lipinski definition) is 1. The van der Waals surface area contributed by atoms with E-state index in [1.807, 2.05) is 48.5 Å². The Bertz CT molecular complexity index is 509. The maximum absolute atomic E-state index is 10.7. The van der Waals surface area contributed by atoms with Crippen LogP contribution in [0.15, 0.2) is 55.1 Å². The minimum Gasteiger partial charge on any atom is -0.298 e. The van der Waals surface area contributed by atoms with Crippen molar-refractivity contribution in [3.05, 3.63) is 66.2 Å². The average molecular weight is 208 g/mol. The van der Waals surface area contributed by atoms with Crippen molar-refractivity contribution in [1.82, 2.24) is 0 Å². The molecule has 0 unspecified atom stereocenters. The second-order valence-electron chi connectivity index (χ2n) is 3.57. The number of aldehydes is 1. The average Bonchev–Trinajstić information content (AvgIpc) is 2.39. The minimum atomic E-state index is 0.699. The number of hydrogen-bond donors (Lipinski definition) is 0. The summed E-state index contributed by atoms with van der Waals surface area (Å²) in [7, 11) is 0. The molecule has 0 heterocycles. The number of carbonyl (C=O) groups is 1. The van der Waals surface area contributed by atoms with E-state index in [1.54, 1.807) is 6.07 Å². The highest BCUT2D eigenvalue weighted by atomic mass is 16.1. The maximum Gasteiger partial charge on any atom is 0.150 e. The van der Waals surface area contributed by atoms with Gasteiger partial charge < -0.3 is 0 Å². The third kappa shape index (κ3) is 2.09. The van der Waals surface area contributed by atoms with E-state index < -0.39 is 0 Å². The van der Waals surface area contributed by atoms with Gasteiger partial charge in [0.25, 0.3) is 0 Å². The third-order valence-corrected chi connectivity index (χ3v) is 2.50. The number of carbonyl (C=O) groups excluding carboxylic acids is 1. The lowest BCUT2D eigenvalue weighted by molar-refractivity contribution is 0.112. The van der Waals surface area contributed by atoms with Crippen molar-refractivity contribution < 1.29 is 4.79 Å². The van der Waals surface area contributed by atoms with E-state index >= 15 is 0 Å². The Labute approximate surface area is 95.1 Å². The predicted molar refractivity (Wildman–Crippen MR) is 67.4 cm³/mol. The van der Waals surface area contributed by atoms with Gasteiger partial charge in [-0.2, -0.15) is 0 Å². The fourth-order valence-electron chi connectivity index (χ4n) is 1.60. The normalized spacial score (nSPS) is 9.75. The zero-order valence-corrected chi connectivity index (χ0v) is 8.89. The zero-order valence-electron chi connectivity index (χ0n) is 8.89. The van der Waals surface area contributed by atoms with E-state index in [0.717, 1.165) is 23.0 Å². The standard InChI is InChI=1S/C15H12O/c1-2-12-6-8-14(9-7-12)15-5-3-4-13(10-15)11-16/h2-11H,1H2. The molecule has 0 bridgehead atoms. The second-order valence-corrected chi connectivity index (χ2v) is 3.57. The summed E-state index contributed by atoms with van der Waals surface area (Å²) in [5.74, 6) is 0. The molecule has 0 radical (unpaired) electrons. The van der Waals surface area contributed by atoms with Crippen LogP contribution in [0.2, 0.25) is 0 Å². The number of benzene rings is 2. The molecular formula is C15H12O. The van der Waals surface area contributed by atoms with Crippen molar-refractivity contribution >= 4 is 12.4 Å². The lowest BCUT2D eigenvalue weighted by Crippen LogP contribution is -1.82. The van der Waals surface area contributed by atoms with Crippen molar-refractivity contribution in [2.75, 3.05) is 0 Å². The van der Waals surface area contributed by atoms with Crippen molar-refractivity contribution in [2.24, 2.45) is 0 Å².